The molecule has 0 spiro atoms. The maximum atomic E-state index is 12.5. The first-order valence-corrected chi connectivity index (χ1v) is 11.0. The van der Waals surface area contributed by atoms with Crippen LogP contribution in [0.5, 0.6) is 5.75 Å². The van der Waals surface area contributed by atoms with Crippen LogP contribution in [-0.4, -0.2) is 49.2 Å². The lowest BCUT2D eigenvalue weighted by Crippen LogP contribution is -2.48. The lowest BCUT2D eigenvalue weighted by atomic mass is 10.2. The van der Waals surface area contributed by atoms with Crippen LogP contribution < -0.4 is 14.4 Å². The summed E-state index contributed by atoms with van der Waals surface area (Å²) in [4.78, 5) is 12.5. The number of rotatable bonds is 5. The third kappa shape index (κ3) is 4.05. The molecular formula is C14H16N4O4S3. The van der Waals surface area contributed by atoms with Gasteiger partial charge in [0.25, 0.3) is 5.91 Å². The molecule has 8 nitrogen and oxygen atoms in total. The predicted octanol–water partition coefficient (Wildman–Crippen LogP) is 1.82. The maximum Gasteiger partial charge on any atom is 0.269 e. The Labute approximate surface area is 153 Å². The number of hydrogen-bond donors (Lipinski definition) is 1. The molecule has 2 aromatic rings. The highest BCUT2D eigenvalue weighted by molar-refractivity contribution is 8.01. The van der Waals surface area contributed by atoms with Crippen molar-refractivity contribution < 1.29 is 17.9 Å². The van der Waals surface area contributed by atoms with Crippen molar-refractivity contribution in [1.82, 2.24) is 10.2 Å². The fraction of sp³-hybridized carbons (Fsp3) is 0.357. The van der Waals surface area contributed by atoms with Crippen LogP contribution in [0.15, 0.2) is 28.6 Å². The molecule has 25 heavy (non-hydrogen) atoms. The van der Waals surface area contributed by atoms with E-state index in [4.69, 9.17) is 4.74 Å². The monoisotopic (exact) mass is 400 g/mol. The van der Waals surface area contributed by atoms with Crippen LogP contribution in [0, 0.1) is 0 Å². The summed E-state index contributed by atoms with van der Waals surface area (Å²) in [6, 6.07) is 6.71. The first-order chi connectivity index (χ1) is 11.9. The fourth-order valence-electron chi connectivity index (χ4n) is 2.28. The zero-order valence-electron chi connectivity index (χ0n) is 13.5. The van der Waals surface area contributed by atoms with Crippen molar-refractivity contribution in [2.75, 3.05) is 28.2 Å². The number of carbonyl (C=O) groups excluding carboxylic acids is 1. The Morgan fingerprint density at radius 2 is 2.20 bits per heavy atom. The van der Waals surface area contributed by atoms with Crippen LogP contribution in [0.25, 0.3) is 0 Å². The van der Waals surface area contributed by atoms with Crippen LogP contribution >= 0.6 is 23.1 Å². The van der Waals surface area contributed by atoms with Gasteiger partial charge in [-0.3, -0.25) is 14.4 Å². The lowest BCUT2D eigenvalue weighted by Gasteiger charge is -2.33. The normalized spacial score (nSPS) is 16.9. The highest BCUT2D eigenvalue weighted by atomic mass is 32.2. The fourth-order valence-corrected chi connectivity index (χ4v) is 4.85. The van der Waals surface area contributed by atoms with Crippen molar-refractivity contribution in [2.24, 2.45) is 0 Å². The summed E-state index contributed by atoms with van der Waals surface area (Å²) < 4.78 is 31.7. The number of hydrogen-bond acceptors (Lipinski definition) is 8. The van der Waals surface area contributed by atoms with E-state index in [1.807, 2.05) is 6.92 Å². The first kappa shape index (κ1) is 18.0. The molecule has 0 bridgehead atoms. The van der Waals surface area contributed by atoms with Crippen LogP contribution in [-0.2, 0) is 14.8 Å². The third-order valence-corrected chi connectivity index (χ3v) is 6.33. The Morgan fingerprint density at radius 3 is 2.92 bits per heavy atom. The molecule has 1 aromatic heterocycles. The molecule has 1 aromatic carbocycles. The summed E-state index contributed by atoms with van der Waals surface area (Å²) in [7, 11) is -3.54. The number of benzene rings is 1. The number of nitrogens with one attached hydrogen (secondary N) is 1. The Hall–Kier alpha value is -1.85. The Morgan fingerprint density at radius 1 is 1.44 bits per heavy atom. The number of fused-ring (bicyclic) bond motifs is 1. The second kappa shape index (κ2) is 7.18. The number of thioether (sulfide) groups is 1. The Kier molecular flexibility index (Phi) is 5.16. The molecule has 2 heterocycles. The van der Waals surface area contributed by atoms with Crippen molar-refractivity contribution in [2.45, 2.75) is 17.4 Å². The summed E-state index contributed by atoms with van der Waals surface area (Å²) in [6.45, 7) is 1.90. The molecule has 134 valence electrons. The number of ether oxygens (including phenoxy) is 1. The second-order valence-corrected chi connectivity index (χ2v) is 9.56. The lowest BCUT2D eigenvalue weighted by molar-refractivity contribution is -0.122. The van der Waals surface area contributed by atoms with E-state index in [-0.39, 0.29) is 6.54 Å². The molecular weight excluding hydrogens is 384 g/mol. The molecule has 0 saturated heterocycles. The predicted molar refractivity (Wildman–Crippen MR) is 98.0 cm³/mol. The average Bonchev–Trinajstić information content (AvgIpc) is 3.00. The first-order valence-electron chi connectivity index (χ1n) is 7.39. The van der Waals surface area contributed by atoms with E-state index in [1.165, 1.54) is 27.4 Å². The number of amides is 1. The van der Waals surface area contributed by atoms with E-state index in [0.717, 1.165) is 16.3 Å². The molecule has 0 saturated carbocycles. The molecule has 1 atom stereocenters. The topological polar surface area (TPSA) is 101 Å². The molecule has 1 N–H and O–H groups in total. The van der Waals surface area contributed by atoms with Crippen LogP contribution in [0.2, 0.25) is 0 Å². The van der Waals surface area contributed by atoms with Gasteiger partial charge in [0, 0.05) is 0 Å². The van der Waals surface area contributed by atoms with Crippen molar-refractivity contribution in [3.8, 4) is 5.75 Å². The van der Waals surface area contributed by atoms with Gasteiger partial charge in [0.05, 0.1) is 18.5 Å². The standard InChI is InChI=1S/C14H16N4O4S3/c1-3-23-14-17-16-13(24-14)15-12(19)11-8-18(25(2,20)21)9-6-4-5-7-10(9)22-11/h4-7,11H,3,8H2,1-2H3,(H,15,16,19)/t11-/m0/s1. The minimum atomic E-state index is -3.54. The minimum Gasteiger partial charge on any atom is -0.476 e. The van der Waals surface area contributed by atoms with Gasteiger partial charge in [-0.2, -0.15) is 0 Å². The SMILES string of the molecule is CCSc1nnc(NC(=O)[C@@H]2CN(S(C)(=O)=O)c3ccccc3O2)s1. The summed E-state index contributed by atoms with van der Waals surface area (Å²) in [5, 5.41) is 10.9. The largest absolute Gasteiger partial charge is 0.476 e. The zero-order chi connectivity index (χ0) is 18.0. The van der Waals surface area contributed by atoms with Crippen LogP contribution in [0.3, 0.4) is 0 Å². The quantitative estimate of drug-likeness (QED) is 0.603. The van der Waals surface area contributed by atoms with Gasteiger partial charge in [-0.25, -0.2) is 8.42 Å². The van der Waals surface area contributed by atoms with Gasteiger partial charge in [-0.05, 0) is 17.9 Å². The molecule has 0 fully saturated rings. The van der Waals surface area contributed by atoms with Gasteiger partial charge in [0.15, 0.2) is 10.4 Å². The molecule has 1 aliphatic heterocycles. The molecule has 0 unspecified atom stereocenters. The molecule has 1 amide bonds. The van der Waals surface area contributed by atoms with Gasteiger partial charge in [-0.15, -0.1) is 10.2 Å². The van der Waals surface area contributed by atoms with E-state index < -0.39 is 22.0 Å². The third-order valence-electron chi connectivity index (χ3n) is 3.33. The van der Waals surface area contributed by atoms with Gasteiger partial charge < -0.3 is 4.74 Å². The van der Waals surface area contributed by atoms with Crippen molar-refractivity contribution in [3.63, 3.8) is 0 Å². The number of anilines is 2. The van der Waals surface area contributed by atoms with Gasteiger partial charge >= 0.3 is 0 Å². The van der Waals surface area contributed by atoms with Gasteiger partial charge in [0.1, 0.15) is 5.75 Å². The zero-order valence-corrected chi connectivity index (χ0v) is 15.9. The van der Waals surface area contributed by atoms with E-state index in [9.17, 15) is 13.2 Å². The van der Waals surface area contributed by atoms with Gasteiger partial charge in [-0.1, -0.05) is 42.2 Å². The Balaban J connectivity index is 1.79. The minimum absolute atomic E-state index is 0.100. The number of aromatic nitrogens is 2. The van der Waals surface area contributed by atoms with Gasteiger partial charge in [0.2, 0.25) is 15.2 Å². The van der Waals surface area contributed by atoms with E-state index in [1.54, 1.807) is 24.3 Å². The Bertz CT molecular complexity index is 884. The molecule has 0 aliphatic carbocycles. The number of carbonyl (C=O) groups is 1. The summed E-state index contributed by atoms with van der Waals surface area (Å²) >= 11 is 2.79. The molecule has 3 rings (SSSR count). The van der Waals surface area contributed by atoms with Crippen LogP contribution in [0.4, 0.5) is 10.8 Å². The van der Waals surface area contributed by atoms with E-state index >= 15 is 0 Å². The van der Waals surface area contributed by atoms with Crippen molar-refractivity contribution >= 4 is 49.8 Å². The van der Waals surface area contributed by atoms with Crippen LogP contribution in [0.1, 0.15) is 6.92 Å². The number of para-hydroxylation sites is 2. The number of nitrogens with zero attached hydrogens (tertiary/aromatic N) is 3. The summed E-state index contributed by atoms with van der Waals surface area (Å²) in [6.07, 6.45) is 0.124. The smallest absolute Gasteiger partial charge is 0.269 e. The molecule has 1 aliphatic rings. The number of sulfonamides is 1. The molecule has 0 radical (unpaired) electrons. The summed E-state index contributed by atoms with van der Waals surface area (Å²) in [5.41, 5.74) is 0.423. The highest BCUT2D eigenvalue weighted by Crippen LogP contribution is 2.35. The average molecular weight is 401 g/mol. The van der Waals surface area contributed by atoms with E-state index in [2.05, 4.69) is 15.5 Å². The maximum absolute atomic E-state index is 12.5. The van der Waals surface area contributed by atoms with Crippen molar-refractivity contribution in [3.05, 3.63) is 24.3 Å². The second-order valence-electron chi connectivity index (χ2n) is 5.16. The molecule has 11 heteroatoms. The highest BCUT2D eigenvalue weighted by Gasteiger charge is 2.35. The summed E-state index contributed by atoms with van der Waals surface area (Å²) in [5.74, 6) is 0.736. The van der Waals surface area contributed by atoms with E-state index in [0.29, 0.717) is 16.6 Å². The van der Waals surface area contributed by atoms with Crippen molar-refractivity contribution in [1.29, 1.82) is 0 Å².